The highest BCUT2D eigenvalue weighted by molar-refractivity contribution is 9.10. The Morgan fingerprint density at radius 1 is 1.50 bits per heavy atom. The molecule has 2 unspecified atom stereocenters. The van der Waals surface area contributed by atoms with Gasteiger partial charge in [0.05, 0.1) is 0 Å². The van der Waals surface area contributed by atoms with Gasteiger partial charge in [-0.3, -0.25) is 0 Å². The summed E-state index contributed by atoms with van der Waals surface area (Å²) in [6, 6.07) is 8.52. The molecule has 1 aromatic carbocycles. The van der Waals surface area contributed by atoms with Crippen LogP contribution in [-0.4, -0.2) is 24.3 Å². The van der Waals surface area contributed by atoms with Crippen LogP contribution in [0.5, 0.6) is 0 Å². The number of nitrogens with two attached hydrogens (primary N) is 1. The van der Waals surface area contributed by atoms with Gasteiger partial charge in [0.1, 0.15) is 0 Å². The van der Waals surface area contributed by atoms with Crippen LogP contribution in [0.4, 0.5) is 0 Å². The second-order valence-corrected chi connectivity index (χ2v) is 4.84. The second kappa shape index (κ2) is 7.01. The standard InChI is InChI=1S/C12H19BrN2O/c1-9(5-6-16)15-12(8-14)10-3-2-4-11(13)7-10/h2-4,7,9,12,15-16H,5-6,8,14H2,1H3. The fourth-order valence-electron chi connectivity index (χ4n) is 1.64. The van der Waals surface area contributed by atoms with Crippen LogP contribution in [0.1, 0.15) is 24.9 Å². The SMILES string of the molecule is CC(CCO)NC(CN)c1cccc(Br)c1. The van der Waals surface area contributed by atoms with E-state index in [1.807, 2.05) is 12.1 Å². The normalized spacial score (nSPS) is 14.8. The molecule has 0 spiro atoms. The molecule has 1 rings (SSSR count). The van der Waals surface area contributed by atoms with Crippen molar-refractivity contribution in [3.63, 3.8) is 0 Å². The lowest BCUT2D eigenvalue weighted by Crippen LogP contribution is -2.35. The van der Waals surface area contributed by atoms with Crippen LogP contribution in [0, 0.1) is 0 Å². The number of nitrogens with one attached hydrogen (secondary N) is 1. The van der Waals surface area contributed by atoms with Gasteiger partial charge in [-0.25, -0.2) is 0 Å². The van der Waals surface area contributed by atoms with Crippen LogP contribution in [0.15, 0.2) is 28.7 Å². The largest absolute Gasteiger partial charge is 0.396 e. The molecule has 4 heteroatoms. The molecule has 1 aromatic rings. The van der Waals surface area contributed by atoms with Crippen molar-refractivity contribution in [2.75, 3.05) is 13.2 Å². The molecule has 0 amide bonds. The maximum Gasteiger partial charge on any atom is 0.0446 e. The molecule has 0 saturated carbocycles. The lowest BCUT2D eigenvalue weighted by molar-refractivity contribution is 0.263. The van der Waals surface area contributed by atoms with Crippen molar-refractivity contribution in [3.05, 3.63) is 34.3 Å². The van der Waals surface area contributed by atoms with E-state index in [1.54, 1.807) is 0 Å². The van der Waals surface area contributed by atoms with E-state index in [-0.39, 0.29) is 18.7 Å². The van der Waals surface area contributed by atoms with Crippen molar-refractivity contribution in [3.8, 4) is 0 Å². The summed E-state index contributed by atoms with van der Waals surface area (Å²) in [6.45, 7) is 2.80. The highest BCUT2D eigenvalue weighted by Gasteiger charge is 2.12. The molecule has 2 atom stereocenters. The van der Waals surface area contributed by atoms with Crippen LogP contribution in [0.3, 0.4) is 0 Å². The Balaban J connectivity index is 2.67. The van der Waals surface area contributed by atoms with Crippen molar-refractivity contribution in [2.45, 2.75) is 25.4 Å². The first-order valence-corrected chi connectivity index (χ1v) is 6.29. The summed E-state index contributed by atoms with van der Waals surface area (Å²) in [5.74, 6) is 0. The van der Waals surface area contributed by atoms with E-state index in [4.69, 9.17) is 10.8 Å². The third-order valence-electron chi connectivity index (χ3n) is 2.53. The van der Waals surface area contributed by atoms with Gasteiger partial charge in [0.2, 0.25) is 0 Å². The molecule has 0 aromatic heterocycles. The lowest BCUT2D eigenvalue weighted by atomic mass is 10.1. The van der Waals surface area contributed by atoms with Crippen LogP contribution >= 0.6 is 15.9 Å². The predicted molar refractivity (Wildman–Crippen MR) is 70.2 cm³/mol. The number of rotatable bonds is 6. The van der Waals surface area contributed by atoms with Crippen molar-refractivity contribution in [1.82, 2.24) is 5.32 Å². The molecule has 0 saturated heterocycles. The first kappa shape index (κ1) is 13.6. The van der Waals surface area contributed by atoms with Crippen LogP contribution < -0.4 is 11.1 Å². The molecule has 90 valence electrons. The van der Waals surface area contributed by atoms with Crippen LogP contribution in [0.2, 0.25) is 0 Å². The first-order valence-electron chi connectivity index (χ1n) is 5.49. The van der Waals surface area contributed by atoms with E-state index in [1.165, 1.54) is 5.56 Å². The van der Waals surface area contributed by atoms with Gasteiger partial charge in [0.25, 0.3) is 0 Å². The summed E-state index contributed by atoms with van der Waals surface area (Å²) >= 11 is 3.45. The average Bonchev–Trinajstić information content (AvgIpc) is 2.26. The quantitative estimate of drug-likeness (QED) is 0.748. The van der Waals surface area contributed by atoms with Crippen molar-refractivity contribution in [1.29, 1.82) is 0 Å². The van der Waals surface area contributed by atoms with E-state index in [0.717, 1.165) is 10.9 Å². The Bertz CT molecular complexity index is 320. The van der Waals surface area contributed by atoms with E-state index in [0.29, 0.717) is 6.54 Å². The van der Waals surface area contributed by atoms with Crippen molar-refractivity contribution >= 4 is 15.9 Å². The summed E-state index contributed by atoms with van der Waals surface area (Å²) in [5, 5.41) is 12.3. The van der Waals surface area contributed by atoms with E-state index < -0.39 is 0 Å². The Labute approximate surface area is 105 Å². The summed E-state index contributed by atoms with van der Waals surface area (Å²) in [7, 11) is 0. The molecule has 0 aliphatic carbocycles. The average molecular weight is 287 g/mol. The van der Waals surface area contributed by atoms with Gasteiger partial charge < -0.3 is 16.2 Å². The fraction of sp³-hybridized carbons (Fsp3) is 0.500. The summed E-state index contributed by atoms with van der Waals surface area (Å²) in [6.07, 6.45) is 0.741. The van der Waals surface area contributed by atoms with Crippen molar-refractivity contribution < 1.29 is 5.11 Å². The Morgan fingerprint density at radius 3 is 2.81 bits per heavy atom. The molecule has 16 heavy (non-hydrogen) atoms. The minimum atomic E-state index is 0.138. The molecule has 0 bridgehead atoms. The van der Waals surface area contributed by atoms with Gasteiger partial charge in [-0.1, -0.05) is 28.1 Å². The summed E-state index contributed by atoms with van der Waals surface area (Å²) < 4.78 is 1.06. The first-order chi connectivity index (χ1) is 7.67. The number of benzene rings is 1. The highest BCUT2D eigenvalue weighted by atomic mass is 79.9. The Hall–Kier alpha value is -0.420. The topological polar surface area (TPSA) is 58.3 Å². The zero-order valence-electron chi connectivity index (χ0n) is 9.49. The second-order valence-electron chi connectivity index (χ2n) is 3.92. The minimum Gasteiger partial charge on any atom is -0.396 e. The minimum absolute atomic E-state index is 0.138. The smallest absolute Gasteiger partial charge is 0.0446 e. The Morgan fingerprint density at radius 2 is 2.25 bits per heavy atom. The van der Waals surface area contributed by atoms with E-state index in [9.17, 15) is 0 Å². The number of aliphatic hydroxyl groups excluding tert-OH is 1. The molecule has 0 aliphatic heterocycles. The molecular weight excluding hydrogens is 268 g/mol. The van der Waals surface area contributed by atoms with E-state index in [2.05, 4.69) is 40.3 Å². The fourth-order valence-corrected chi connectivity index (χ4v) is 2.06. The van der Waals surface area contributed by atoms with Gasteiger partial charge in [-0.2, -0.15) is 0 Å². The maximum atomic E-state index is 8.86. The molecule has 0 aliphatic rings. The van der Waals surface area contributed by atoms with Gasteiger partial charge in [-0.05, 0) is 31.0 Å². The van der Waals surface area contributed by atoms with Gasteiger partial charge in [0.15, 0.2) is 0 Å². The molecule has 0 heterocycles. The zero-order valence-corrected chi connectivity index (χ0v) is 11.1. The zero-order chi connectivity index (χ0) is 12.0. The van der Waals surface area contributed by atoms with Gasteiger partial charge in [0, 0.05) is 29.7 Å². The predicted octanol–water partition coefficient (Wildman–Crippen LogP) is 1.81. The van der Waals surface area contributed by atoms with Gasteiger partial charge >= 0.3 is 0 Å². The third-order valence-corrected chi connectivity index (χ3v) is 3.03. The number of hydrogen-bond acceptors (Lipinski definition) is 3. The number of hydrogen-bond donors (Lipinski definition) is 3. The summed E-state index contributed by atoms with van der Waals surface area (Å²) in [5.41, 5.74) is 6.93. The van der Waals surface area contributed by atoms with Crippen LogP contribution in [-0.2, 0) is 0 Å². The molecule has 4 N–H and O–H groups in total. The molecule has 0 radical (unpaired) electrons. The molecular formula is C12H19BrN2O. The highest BCUT2D eigenvalue weighted by Crippen LogP contribution is 2.18. The lowest BCUT2D eigenvalue weighted by Gasteiger charge is -2.22. The Kier molecular flexibility index (Phi) is 5.98. The van der Waals surface area contributed by atoms with Crippen molar-refractivity contribution in [2.24, 2.45) is 5.73 Å². The summed E-state index contributed by atoms with van der Waals surface area (Å²) in [4.78, 5) is 0. The number of aliphatic hydroxyl groups is 1. The van der Waals surface area contributed by atoms with Crippen LogP contribution in [0.25, 0.3) is 0 Å². The van der Waals surface area contributed by atoms with E-state index >= 15 is 0 Å². The number of halogens is 1. The monoisotopic (exact) mass is 286 g/mol. The maximum absolute atomic E-state index is 8.86. The van der Waals surface area contributed by atoms with Gasteiger partial charge in [-0.15, -0.1) is 0 Å². The molecule has 3 nitrogen and oxygen atoms in total. The molecule has 0 fully saturated rings. The third kappa shape index (κ3) is 4.22.